The van der Waals surface area contributed by atoms with Crippen molar-refractivity contribution in [2.75, 3.05) is 32.8 Å². The van der Waals surface area contributed by atoms with Crippen LogP contribution in [-0.4, -0.2) is 60.9 Å². The van der Waals surface area contributed by atoms with Crippen LogP contribution in [0.1, 0.15) is 13.3 Å². The second kappa shape index (κ2) is 5.12. The van der Waals surface area contributed by atoms with Gasteiger partial charge in [0.15, 0.2) is 0 Å². The number of β-amino-alcohol motifs (C(OH)–C–C–N with tert-alkyl or cyclic N) is 1. The quantitative estimate of drug-likeness (QED) is 0.617. The molecule has 3 unspecified atom stereocenters. The SMILES string of the molecule is CC1CCN(C(=O)C2COCCN2)CC1O. The lowest BCUT2D eigenvalue weighted by atomic mass is 9.95. The summed E-state index contributed by atoms with van der Waals surface area (Å²) in [5.41, 5.74) is 0. The van der Waals surface area contributed by atoms with E-state index in [0.717, 1.165) is 19.5 Å². The number of amides is 1. The van der Waals surface area contributed by atoms with E-state index in [2.05, 4.69) is 5.32 Å². The van der Waals surface area contributed by atoms with Crippen molar-refractivity contribution >= 4 is 5.91 Å². The molecular formula is C11H20N2O3. The molecule has 0 radical (unpaired) electrons. The van der Waals surface area contributed by atoms with Gasteiger partial charge in [-0.05, 0) is 12.3 Å². The molecule has 5 nitrogen and oxygen atoms in total. The van der Waals surface area contributed by atoms with Crippen molar-refractivity contribution in [3.05, 3.63) is 0 Å². The number of piperidine rings is 1. The third kappa shape index (κ3) is 2.53. The van der Waals surface area contributed by atoms with Gasteiger partial charge < -0.3 is 20.1 Å². The molecule has 92 valence electrons. The highest BCUT2D eigenvalue weighted by Crippen LogP contribution is 2.17. The molecule has 2 N–H and O–H groups in total. The number of aliphatic hydroxyl groups excluding tert-OH is 1. The molecular weight excluding hydrogens is 208 g/mol. The third-order valence-electron chi connectivity index (χ3n) is 3.45. The van der Waals surface area contributed by atoms with Gasteiger partial charge in [0.25, 0.3) is 0 Å². The van der Waals surface area contributed by atoms with E-state index >= 15 is 0 Å². The first-order valence-electron chi connectivity index (χ1n) is 5.96. The van der Waals surface area contributed by atoms with E-state index in [-0.39, 0.29) is 18.1 Å². The maximum absolute atomic E-state index is 12.1. The van der Waals surface area contributed by atoms with Crippen molar-refractivity contribution in [2.24, 2.45) is 5.92 Å². The minimum atomic E-state index is -0.387. The number of hydrogen-bond acceptors (Lipinski definition) is 4. The normalized spacial score (nSPS) is 36.1. The zero-order chi connectivity index (χ0) is 11.5. The Morgan fingerprint density at radius 1 is 1.56 bits per heavy atom. The minimum absolute atomic E-state index is 0.0608. The summed E-state index contributed by atoms with van der Waals surface area (Å²) in [6, 6.07) is -0.227. The summed E-state index contributed by atoms with van der Waals surface area (Å²) in [6.07, 6.45) is 0.489. The maximum atomic E-state index is 12.1. The largest absolute Gasteiger partial charge is 0.391 e. The zero-order valence-corrected chi connectivity index (χ0v) is 9.69. The van der Waals surface area contributed by atoms with Gasteiger partial charge in [0, 0.05) is 19.6 Å². The number of hydrogen-bond donors (Lipinski definition) is 2. The van der Waals surface area contributed by atoms with Gasteiger partial charge in [-0.1, -0.05) is 6.92 Å². The van der Waals surface area contributed by atoms with Gasteiger partial charge in [-0.3, -0.25) is 4.79 Å². The Labute approximate surface area is 95.8 Å². The van der Waals surface area contributed by atoms with Crippen LogP contribution in [0.25, 0.3) is 0 Å². The Morgan fingerprint density at radius 3 is 3.00 bits per heavy atom. The van der Waals surface area contributed by atoms with E-state index in [4.69, 9.17) is 4.74 Å². The van der Waals surface area contributed by atoms with Crippen molar-refractivity contribution in [1.29, 1.82) is 0 Å². The highest BCUT2D eigenvalue weighted by atomic mass is 16.5. The predicted molar refractivity (Wildman–Crippen MR) is 59.0 cm³/mol. The van der Waals surface area contributed by atoms with Crippen molar-refractivity contribution in [3.8, 4) is 0 Å². The molecule has 2 aliphatic heterocycles. The molecule has 2 saturated heterocycles. The lowest BCUT2D eigenvalue weighted by molar-refractivity contribution is -0.140. The van der Waals surface area contributed by atoms with Crippen LogP contribution < -0.4 is 5.32 Å². The van der Waals surface area contributed by atoms with E-state index in [1.807, 2.05) is 6.92 Å². The molecule has 16 heavy (non-hydrogen) atoms. The summed E-state index contributed by atoms with van der Waals surface area (Å²) in [5.74, 6) is 0.352. The molecule has 2 aliphatic rings. The molecule has 3 atom stereocenters. The summed E-state index contributed by atoms with van der Waals surface area (Å²) in [6.45, 7) is 5.06. The Hall–Kier alpha value is -0.650. The number of likely N-dealkylation sites (tertiary alicyclic amines) is 1. The van der Waals surface area contributed by atoms with Gasteiger partial charge in [-0.25, -0.2) is 0 Å². The summed E-state index contributed by atoms with van der Waals surface area (Å²) in [4.78, 5) is 13.8. The first-order chi connectivity index (χ1) is 7.68. The number of morpholine rings is 1. The van der Waals surface area contributed by atoms with Gasteiger partial charge in [-0.2, -0.15) is 0 Å². The van der Waals surface area contributed by atoms with Crippen LogP contribution in [0.2, 0.25) is 0 Å². The van der Waals surface area contributed by atoms with Crippen LogP contribution in [0.4, 0.5) is 0 Å². The van der Waals surface area contributed by atoms with Gasteiger partial charge in [-0.15, -0.1) is 0 Å². The monoisotopic (exact) mass is 228 g/mol. The summed E-state index contributed by atoms with van der Waals surface area (Å²) in [7, 11) is 0. The summed E-state index contributed by atoms with van der Waals surface area (Å²) >= 11 is 0. The van der Waals surface area contributed by atoms with Crippen LogP contribution in [0, 0.1) is 5.92 Å². The van der Waals surface area contributed by atoms with E-state index in [9.17, 15) is 9.90 Å². The Morgan fingerprint density at radius 2 is 2.38 bits per heavy atom. The lowest BCUT2D eigenvalue weighted by Gasteiger charge is -2.37. The molecule has 5 heteroatoms. The highest BCUT2D eigenvalue weighted by molar-refractivity contribution is 5.82. The number of carbonyl (C=O) groups excluding carboxylic acids is 1. The molecule has 2 heterocycles. The van der Waals surface area contributed by atoms with Crippen molar-refractivity contribution < 1.29 is 14.6 Å². The number of nitrogens with one attached hydrogen (secondary N) is 1. The first-order valence-corrected chi connectivity index (χ1v) is 5.96. The molecule has 0 saturated carbocycles. The molecule has 0 bridgehead atoms. The fourth-order valence-electron chi connectivity index (χ4n) is 2.19. The standard InChI is InChI=1S/C11H20N2O3/c1-8-2-4-13(6-10(8)14)11(15)9-7-16-5-3-12-9/h8-10,12,14H,2-7H2,1H3. The van der Waals surface area contributed by atoms with Crippen LogP contribution in [0.15, 0.2) is 0 Å². The number of nitrogens with zero attached hydrogens (tertiary/aromatic N) is 1. The molecule has 2 rings (SSSR count). The smallest absolute Gasteiger partial charge is 0.242 e. The van der Waals surface area contributed by atoms with E-state index in [0.29, 0.717) is 25.7 Å². The van der Waals surface area contributed by atoms with Crippen molar-refractivity contribution in [1.82, 2.24) is 10.2 Å². The molecule has 2 fully saturated rings. The van der Waals surface area contributed by atoms with Gasteiger partial charge in [0.1, 0.15) is 6.04 Å². The topological polar surface area (TPSA) is 61.8 Å². The highest BCUT2D eigenvalue weighted by Gasteiger charge is 2.31. The minimum Gasteiger partial charge on any atom is -0.391 e. The summed E-state index contributed by atoms with van der Waals surface area (Å²) < 4.78 is 5.27. The lowest BCUT2D eigenvalue weighted by Crippen LogP contribution is -2.56. The third-order valence-corrected chi connectivity index (χ3v) is 3.45. The average molecular weight is 228 g/mol. The fourth-order valence-corrected chi connectivity index (χ4v) is 2.19. The molecule has 0 aromatic carbocycles. The van der Waals surface area contributed by atoms with Crippen molar-refractivity contribution in [2.45, 2.75) is 25.5 Å². The van der Waals surface area contributed by atoms with Gasteiger partial charge >= 0.3 is 0 Å². The maximum Gasteiger partial charge on any atom is 0.242 e. The average Bonchev–Trinajstić information content (AvgIpc) is 2.33. The first kappa shape index (κ1) is 11.8. The predicted octanol–water partition coefficient (Wildman–Crippen LogP) is -0.796. The van der Waals surface area contributed by atoms with Crippen LogP contribution in [0.5, 0.6) is 0 Å². The molecule has 0 aliphatic carbocycles. The fraction of sp³-hybridized carbons (Fsp3) is 0.909. The number of rotatable bonds is 1. The summed E-state index contributed by atoms with van der Waals surface area (Å²) in [5, 5.41) is 12.9. The Kier molecular flexibility index (Phi) is 3.78. The molecule has 0 aromatic heterocycles. The molecule has 1 amide bonds. The van der Waals surface area contributed by atoms with Crippen molar-refractivity contribution in [3.63, 3.8) is 0 Å². The Balaban J connectivity index is 1.89. The van der Waals surface area contributed by atoms with Crippen LogP contribution in [0.3, 0.4) is 0 Å². The second-order valence-electron chi connectivity index (χ2n) is 4.70. The van der Waals surface area contributed by atoms with Gasteiger partial charge in [0.2, 0.25) is 5.91 Å². The number of carbonyl (C=O) groups is 1. The second-order valence-corrected chi connectivity index (χ2v) is 4.70. The van der Waals surface area contributed by atoms with Crippen LogP contribution >= 0.6 is 0 Å². The van der Waals surface area contributed by atoms with Gasteiger partial charge in [0.05, 0.1) is 19.3 Å². The molecule has 0 spiro atoms. The molecule has 0 aromatic rings. The number of ether oxygens (including phenoxy) is 1. The number of aliphatic hydroxyl groups is 1. The Bertz CT molecular complexity index is 254. The zero-order valence-electron chi connectivity index (χ0n) is 9.69. The van der Waals surface area contributed by atoms with E-state index in [1.165, 1.54) is 0 Å². The van der Waals surface area contributed by atoms with Crippen LogP contribution in [-0.2, 0) is 9.53 Å². The van der Waals surface area contributed by atoms with E-state index < -0.39 is 0 Å². The van der Waals surface area contributed by atoms with E-state index in [1.54, 1.807) is 4.90 Å².